The average molecular weight is 485 g/mol. The fourth-order valence-corrected chi connectivity index (χ4v) is 9.40. The zero-order valence-electron chi connectivity index (χ0n) is 17.1. The second-order valence-corrected chi connectivity index (χ2v) is 11.6. The van der Waals surface area contributed by atoms with Gasteiger partial charge < -0.3 is 12.4 Å². The van der Waals surface area contributed by atoms with Crippen molar-refractivity contribution in [2.75, 3.05) is 0 Å². The minimum absolute atomic E-state index is 0. The second-order valence-electron chi connectivity index (χ2n) is 7.18. The van der Waals surface area contributed by atoms with Gasteiger partial charge in [-0.25, -0.2) is 4.98 Å². The van der Waals surface area contributed by atoms with Crippen LogP contribution in [0.3, 0.4) is 0 Å². The van der Waals surface area contributed by atoms with Crippen LogP contribution in [0, 0.1) is 6.92 Å². The predicted molar refractivity (Wildman–Crippen MR) is 134 cm³/mol. The van der Waals surface area contributed by atoms with E-state index in [0.717, 1.165) is 12.0 Å². The molecule has 6 heteroatoms. The van der Waals surface area contributed by atoms with E-state index in [1.54, 1.807) is 11.3 Å². The number of hydrogen-bond donors (Lipinski definition) is 0. The molecule has 0 saturated heterocycles. The predicted octanol–water partition coefficient (Wildman–Crippen LogP) is 2.62. The summed E-state index contributed by atoms with van der Waals surface area (Å²) in [5.41, 5.74) is 1.34. The van der Waals surface area contributed by atoms with E-state index in [1.807, 2.05) is 6.20 Å². The third-order valence-corrected chi connectivity index (χ3v) is 10.8. The third-order valence-electron chi connectivity index (χ3n) is 5.50. The van der Waals surface area contributed by atoms with Crippen molar-refractivity contribution in [1.82, 2.24) is 9.38 Å². The Labute approximate surface area is 200 Å². The van der Waals surface area contributed by atoms with Crippen LogP contribution >= 0.6 is 31.0 Å². The lowest BCUT2D eigenvalue weighted by atomic mass is 10.4. The Morgan fingerprint density at radius 1 is 0.774 bits per heavy atom. The van der Waals surface area contributed by atoms with Crippen molar-refractivity contribution in [2.45, 2.75) is 13.1 Å². The molecule has 0 N–H and O–H groups in total. The molecule has 2 aromatic heterocycles. The molecule has 2 nitrogen and oxygen atoms in total. The molecule has 31 heavy (non-hydrogen) atoms. The van der Waals surface area contributed by atoms with Crippen LogP contribution < -0.4 is 28.3 Å². The maximum absolute atomic E-state index is 4.55. The lowest BCUT2D eigenvalue weighted by molar-refractivity contribution is -0.00000596. The van der Waals surface area contributed by atoms with Gasteiger partial charge in [-0.2, -0.15) is 0 Å². The fourth-order valence-electron chi connectivity index (χ4n) is 4.16. The van der Waals surface area contributed by atoms with E-state index < -0.39 is 7.26 Å². The van der Waals surface area contributed by atoms with E-state index in [1.165, 1.54) is 26.4 Å². The first-order valence-electron chi connectivity index (χ1n) is 9.74. The Morgan fingerprint density at radius 2 is 1.23 bits per heavy atom. The molecule has 0 radical (unpaired) electrons. The molecule has 0 aliphatic carbocycles. The molecule has 0 unspecified atom stereocenters. The molecule has 0 aliphatic heterocycles. The van der Waals surface area contributed by atoms with Crippen LogP contribution in [0.1, 0.15) is 11.5 Å². The number of fused-ring (bicyclic) bond motifs is 1. The SMILES string of the molecule is Cc1ncc2scc(C[P+](c3ccccc3)(c3ccccc3)c3ccccc3)n12.Cl.[Cl-]. The Hall–Kier alpha value is -2.16. The number of imidazole rings is 1. The van der Waals surface area contributed by atoms with Gasteiger partial charge in [-0.15, -0.1) is 23.7 Å². The van der Waals surface area contributed by atoms with Crippen molar-refractivity contribution in [3.05, 3.63) is 114 Å². The molecule has 5 aromatic rings. The van der Waals surface area contributed by atoms with Crippen LogP contribution in [0.2, 0.25) is 0 Å². The van der Waals surface area contributed by atoms with E-state index >= 15 is 0 Å². The Bertz CT molecular complexity index is 1140. The molecule has 0 bridgehead atoms. The normalized spacial score (nSPS) is 11.0. The fraction of sp³-hybridized carbons (Fsp3) is 0.0800. The van der Waals surface area contributed by atoms with Crippen LogP contribution in [0.5, 0.6) is 0 Å². The summed E-state index contributed by atoms with van der Waals surface area (Å²) in [5, 5.41) is 6.55. The lowest BCUT2D eigenvalue weighted by Crippen LogP contribution is -3.00. The van der Waals surface area contributed by atoms with E-state index in [4.69, 9.17) is 0 Å². The van der Waals surface area contributed by atoms with Crippen molar-refractivity contribution in [2.24, 2.45) is 0 Å². The van der Waals surface area contributed by atoms with Gasteiger partial charge in [0.1, 0.15) is 40.0 Å². The van der Waals surface area contributed by atoms with Crippen molar-refractivity contribution in [1.29, 1.82) is 0 Å². The third kappa shape index (κ3) is 4.16. The number of thiazole rings is 1. The van der Waals surface area contributed by atoms with Gasteiger partial charge in [-0.1, -0.05) is 54.6 Å². The van der Waals surface area contributed by atoms with E-state index in [2.05, 4.69) is 113 Å². The van der Waals surface area contributed by atoms with Crippen molar-refractivity contribution in [3.63, 3.8) is 0 Å². The summed E-state index contributed by atoms with van der Waals surface area (Å²) in [4.78, 5) is 5.76. The molecule has 5 rings (SSSR count). The first-order valence-corrected chi connectivity index (χ1v) is 12.6. The monoisotopic (exact) mass is 484 g/mol. The molecule has 0 amide bonds. The van der Waals surface area contributed by atoms with Crippen molar-refractivity contribution in [3.8, 4) is 0 Å². The van der Waals surface area contributed by atoms with Crippen molar-refractivity contribution >= 4 is 51.8 Å². The Balaban J connectivity index is 0.00000136. The molecule has 0 fully saturated rings. The Morgan fingerprint density at radius 3 is 1.68 bits per heavy atom. The quantitative estimate of drug-likeness (QED) is 0.350. The zero-order valence-corrected chi connectivity index (χ0v) is 20.3. The van der Waals surface area contributed by atoms with E-state index in [-0.39, 0.29) is 24.8 Å². The van der Waals surface area contributed by atoms with Gasteiger partial charge in [0, 0.05) is 5.38 Å². The van der Waals surface area contributed by atoms with Gasteiger partial charge in [-0.05, 0) is 43.3 Å². The maximum atomic E-state index is 4.55. The second kappa shape index (κ2) is 9.97. The average Bonchev–Trinajstić information content (AvgIpc) is 3.37. The molecule has 158 valence electrons. The minimum Gasteiger partial charge on any atom is -1.00 e. The summed E-state index contributed by atoms with van der Waals surface area (Å²) in [6, 6.07) is 33.2. The Kier molecular flexibility index (Phi) is 7.56. The zero-order chi connectivity index (χ0) is 19.7. The van der Waals surface area contributed by atoms with Crippen molar-refractivity contribution < 1.29 is 12.4 Å². The minimum atomic E-state index is -1.88. The standard InChI is InChI=1S/C25H22N2PS.2ClH/c1-20-26-17-25-27(20)21(19-29-25)18-28(22-11-5-2-6-12-22,23-13-7-3-8-14-23)24-15-9-4-10-16-24;;/h2-17,19H,18H2,1H3;2*1H/q+1;;/p-1. The van der Waals surface area contributed by atoms with Crippen LogP contribution in [0.25, 0.3) is 4.83 Å². The van der Waals surface area contributed by atoms with E-state index in [9.17, 15) is 0 Å². The van der Waals surface area contributed by atoms with Gasteiger partial charge in [0.15, 0.2) is 0 Å². The summed E-state index contributed by atoms with van der Waals surface area (Å²) in [6.07, 6.45) is 2.96. The molecular formula is C25H23Cl2N2PS. The molecule has 0 atom stereocenters. The molecule has 0 aliphatic rings. The van der Waals surface area contributed by atoms with Crippen LogP contribution in [-0.2, 0) is 6.16 Å². The molecule has 0 spiro atoms. The summed E-state index contributed by atoms with van der Waals surface area (Å²) in [6.45, 7) is 2.09. The smallest absolute Gasteiger partial charge is 0.120 e. The lowest BCUT2D eigenvalue weighted by Gasteiger charge is -2.27. The highest BCUT2D eigenvalue weighted by Crippen LogP contribution is 2.58. The highest BCUT2D eigenvalue weighted by Gasteiger charge is 2.46. The highest BCUT2D eigenvalue weighted by molar-refractivity contribution is 7.95. The number of halogens is 2. The van der Waals surface area contributed by atoms with Gasteiger partial charge in [-0.3, -0.25) is 4.40 Å². The number of nitrogens with zero attached hydrogens (tertiary/aromatic N) is 2. The maximum Gasteiger partial charge on any atom is 0.120 e. The first-order chi connectivity index (χ1) is 14.3. The van der Waals surface area contributed by atoms with Gasteiger partial charge in [0.05, 0.1) is 11.9 Å². The van der Waals surface area contributed by atoms with Gasteiger partial charge in [0.25, 0.3) is 0 Å². The number of aromatic nitrogens is 2. The van der Waals surface area contributed by atoms with Crippen LogP contribution in [0.15, 0.2) is 103 Å². The molecule has 2 heterocycles. The molecule has 0 saturated carbocycles. The molecular weight excluding hydrogens is 462 g/mol. The first kappa shape index (κ1) is 23.5. The summed E-state index contributed by atoms with van der Waals surface area (Å²) in [7, 11) is -1.88. The van der Waals surface area contributed by atoms with Crippen LogP contribution in [0.4, 0.5) is 0 Å². The largest absolute Gasteiger partial charge is 1.00 e. The van der Waals surface area contributed by atoms with Gasteiger partial charge in [0.2, 0.25) is 0 Å². The van der Waals surface area contributed by atoms with E-state index in [0.29, 0.717) is 0 Å². The topological polar surface area (TPSA) is 17.3 Å². The molecule has 3 aromatic carbocycles. The highest BCUT2D eigenvalue weighted by atomic mass is 35.5. The number of hydrogen-bond acceptors (Lipinski definition) is 2. The number of benzene rings is 3. The summed E-state index contributed by atoms with van der Waals surface area (Å²) in [5.74, 6) is 1.06. The van der Waals surface area contributed by atoms with Crippen LogP contribution in [-0.4, -0.2) is 9.38 Å². The number of rotatable bonds is 5. The number of aryl methyl sites for hydroxylation is 1. The summed E-state index contributed by atoms with van der Waals surface area (Å²) < 4.78 is 2.33. The summed E-state index contributed by atoms with van der Waals surface area (Å²) >= 11 is 1.78. The van der Waals surface area contributed by atoms with Gasteiger partial charge >= 0.3 is 0 Å².